The molecule has 1 aliphatic heterocycles. The fourth-order valence-electron chi connectivity index (χ4n) is 2.65. The van der Waals surface area contributed by atoms with Crippen LogP contribution in [0.1, 0.15) is 29.8 Å². The molecule has 2 atom stereocenters. The van der Waals surface area contributed by atoms with Crippen molar-refractivity contribution in [1.82, 2.24) is 10.2 Å². The zero-order chi connectivity index (χ0) is 16.8. The molecule has 7 heteroatoms. The summed E-state index contributed by atoms with van der Waals surface area (Å²) in [5, 5.41) is 3.34. The number of benzene rings is 1. The van der Waals surface area contributed by atoms with Gasteiger partial charge in [0, 0.05) is 43.4 Å². The zero-order valence-electron chi connectivity index (χ0n) is 14.4. The van der Waals surface area contributed by atoms with E-state index in [0.29, 0.717) is 30.9 Å². The summed E-state index contributed by atoms with van der Waals surface area (Å²) >= 11 is 0. The van der Waals surface area contributed by atoms with Gasteiger partial charge in [-0.1, -0.05) is 0 Å². The average molecular weight is 361 g/mol. The van der Waals surface area contributed by atoms with E-state index in [2.05, 4.69) is 12.2 Å². The third kappa shape index (κ3) is 5.14. The Labute approximate surface area is 148 Å². The van der Waals surface area contributed by atoms with Gasteiger partial charge in [0.2, 0.25) is 0 Å². The smallest absolute Gasteiger partial charge is 0.254 e. The third-order valence-electron chi connectivity index (χ3n) is 4.28. The Morgan fingerprint density at radius 3 is 2.83 bits per heavy atom. The maximum atomic E-state index is 13.9. The van der Waals surface area contributed by atoms with Gasteiger partial charge in [0.15, 0.2) is 0 Å². The fraction of sp³-hybridized carbons (Fsp3) is 0.588. The van der Waals surface area contributed by atoms with E-state index in [4.69, 9.17) is 9.47 Å². The molecule has 1 fully saturated rings. The fourth-order valence-corrected chi connectivity index (χ4v) is 2.65. The summed E-state index contributed by atoms with van der Waals surface area (Å²) < 4.78 is 24.1. The van der Waals surface area contributed by atoms with Crippen LogP contribution < -0.4 is 5.32 Å². The second kappa shape index (κ2) is 9.93. The molecule has 1 heterocycles. The largest absolute Gasteiger partial charge is 0.382 e. The number of carbonyl (C=O) groups is 1. The van der Waals surface area contributed by atoms with Gasteiger partial charge < -0.3 is 19.7 Å². The molecular weight excluding hydrogens is 335 g/mol. The van der Waals surface area contributed by atoms with Gasteiger partial charge in [-0.2, -0.15) is 0 Å². The van der Waals surface area contributed by atoms with Crippen LogP contribution in [-0.2, 0) is 16.1 Å². The molecule has 24 heavy (non-hydrogen) atoms. The van der Waals surface area contributed by atoms with Crippen molar-refractivity contribution in [3.8, 4) is 0 Å². The van der Waals surface area contributed by atoms with E-state index in [1.54, 1.807) is 13.2 Å². The number of nitrogens with one attached hydrogen (secondary N) is 1. The summed E-state index contributed by atoms with van der Waals surface area (Å²) in [5.41, 5.74) is 0.889. The number of methoxy groups -OCH3 is 1. The number of rotatable bonds is 6. The molecule has 2 unspecified atom stereocenters. The molecule has 0 radical (unpaired) electrons. The number of hydrogen-bond acceptors (Lipinski definition) is 4. The summed E-state index contributed by atoms with van der Waals surface area (Å²) in [6.07, 6.45) is 0. The summed E-state index contributed by atoms with van der Waals surface area (Å²) in [4.78, 5) is 14.5. The minimum Gasteiger partial charge on any atom is -0.382 e. The lowest BCUT2D eigenvalue weighted by molar-refractivity contribution is 0.0588. The predicted molar refractivity (Wildman–Crippen MR) is 93.1 cm³/mol. The van der Waals surface area contributed by atoms with Crippen molar-refractivity contribution in [3.63, 3.8) is 0 Å². The number of hydrogen-bond donors (Lipinski definition) is 1. The molecule has 1 saturated heterocycles. The maximum Gasteiger partial charge on any atom is 0.254 e. The van der Waals surface area contributed by atoms with E-state index < -0.39 is 0 Å². The van der Waals surface area contributed by atoms with Crippen molar-refractivity contribution in [2.24, 2.45) is 0 Å². The van der Waals surface area contributed by atoms with Crippen LogP contribution in [0.15, 0.2) is 18.2 Å². The number of halogens is 2. The number of nitrogens with zero attached hydrogens (tertiary/aromatic N) is 1. The molecule has 1 aromatic carbocycles. The van der Waals surface area contributed by atoms with Crippen LogP contribution in [0.2, 0.25) is 0 Å². The van der Waals surface area contributed by atoms with E-state index in [9.17, 15) is 9.18 Å². The lowest BCUT2D eigenvalue weighted by Crippen LogP contribution is -2.57. The van der Waals surface area contributed by atoms with Crippen LogP contribution in [0.5, 0.6) is 0 Å². The van der Waals surface area contributed by atoms with Gasteiger partial charge in [0.25, 0.3) is 5.91 Å². The summed E-state index contributed by atoms with van der Waals surface area (Å²) in [6.45, 7) is 6.48. The molecule has 0 bridgehead atoms. The first-order valence-electron chi connectivity index (χ1n) is 7.94. The number of ether oxygens (including phenoxy) is 2. The van der Waals surface area contributed by atoms with Crippen molar-refractivity contribution in [2.45, 2.75) is 32.5 Å². The SMILES string of the molecule is COCCOCc1cc(C(=O)N2CCNC(C)C2C)ccc1F.Cl. The van der Waals surface area contributed by atoms with Gasteiger partial charge >= 0.3 is 0 Å². The van der Waals surface area contributed by atoms with Crippen LogP contribution in [-0.4, -0.2) is 56.3 Å². The molecule has 0 aliphatic carbocycles. The van der Waals surface area contributed by atoms with Crippen LogP contribution in [0.3, 0.4) is 0 Å². The van der Waals surface area contributed by atoms with Crippen molar-refractivity contribution in [3.05, 3.63) is 35.1 Å². The second-order valence-electron chi connectivity index (χ2n) is 5.83. The minimum atomic E-state index is -0.360. The highest BCUT2D eigenvalue weighted by Gasteiger charge is 2.28. The van der Waals surface area contributed by atoms with Gasteiger partial charge in [-0.3, -0.25) is 4.79 Å². The van der Waals surface area contributed by atoms with Crippen molar-refractivity contribution in [1.29, 1.82) is 0 Å². The lowest BCUT2D eigenvalue weighted by atomic mass is 10.0. The number of amides is 1. The highest BCUT2D eigenvalue weighted by atomic mass is 35.5. The van der Waals surface area contributed by atoms with E-state index in [1.807, 2.05) is 11.8 Å². The first kappa shape index (κ1) is 20.8. The second-order valence-corrected chi connectivity index (χ2v) is 5.83. The summed E-state index contributed by atoms with van der Waals surface area (Å²) in [7, 11) is 1.58. The summed E-state index contributed by atoms with van der Waals surface area (Å²) in [5.74, 6) is -0.426. The van der Waals surface area contributed by atoms with E-state index in [0.717, 1.165) is 6.54 Å². The van der Waals surface area contributed by atoms with E-state index in [-0.39, 0.29) is 42.8 Å². The topological polar surface area (TPSA) is 50.8 Å². The highest BCUT2D eigenvalue weighted by Crippen LogP contribution is 2.17. The Hall–Kier alpha value is -1.21. The number of piperazine rings is 1. The normalized spacial score (nSPS) is 20.6. The highest BCUT2D eigenvalue weighted by molar-refractivity contribution is 5.94. The van der Waals surface area contributed by atoms with Crippen molar-refractivity contribution in [2.75, 3.05) is 33.4 Å². The van der Waals surface area contributed by atoms with Crippen LogP contribution in [0, 0.1) is 5.82 Å². The molecule has 136 valence electrons. The molecule has 1 aliphatic rings. The van der Waals surface area contributed by atoms with Crippen LogP contribution in [0.4, 0.5) is 4.39 Å². The molecule has 0 saturated carbocycles. The van der Waals surface area contributed by atoms with E-state index in [1.165, 1.54) is 12.1 Å². The molecule has 1 aromatic rings. The maximum absolute atomic E-state index is 13.9. The van der Waals surface area contributed by atoms with E-state index >= 15 is 0 Å². The lowest BCUT2D eigenvalue weighted by Gasteiger charge is -2.38. The molecule has 1 amide bonds. The van der Waals surface area contributed by atoms with Gasteiger partial charge in [-0.15, -0.1) is 12.4 Å². The van der Waals surface area contributed by atoms with Gasteiger partial charge in [-0.25, -0.2) is 4.39 Å². The third-order valence-corrected chi connectivity index (χ3v) is 4.28. The molecule has 0 aromatic heterocycles. The van der Waals surface area contributed by atoms with Gasteiger partial charge in [0.1, 0.15) is 5.82 Å². The Morgan fingerprint density at radius 1 is 1.38 bits per heavy atom. The molecule has 1 N–H and O–H groups in total. The van der Waals surface area contributed by atoms with Gasteiger partial charge in [-0.05, 0) is 32.0 Å². The Morgan fingerprint density at radius 2 is 2.12 bits per heavy atom. The Balaban J connectivity index is 0.00000288. The number of carbonyl (C=O) groups excluding carboxylic acids is 1. The molecule has 0 spiro atoms. The predicted octanol–water partition coefficient (Wildman–Crippen LogP) is 2.23. The van der Waals surface area contributed by atoms with Crippen molar-refractivity contribution >= 4 is 18.3 Å². The minimum absolute atomic E-state index is 0. The standard InChI is InChI=1S/C17H25FN2O3.ClH/c1-12-13(2)20(7-6-19-12)17(21)14-4-5-16(18)15(10-14)11-23-9-8-22-3;/h4-5,10,12-13,19H,6-9,11H2,1-3H3;1H. The molecule has 5 nitrogen and oxygen atoms in total. The zero-order valence-corrected chi connectivity index (χ0v) is 15.2. The van der Waals surface area contributed by atoms with Crippen LogP contribution in [0.25, 0.3) is 0 Å². The molecule has 2 rings (SSSR count). The molecular formula is C17H26ClFN2O3. The van der Waals surface area contributed by atoms with Gasteiger partial charge in [0.05, 0.1) is 19.8 Å². The monoisotopic (exact) mass is 360 g/mol. The quantitative estimate of drug-likeness (QED) is 0.790. The van der Waals surface area contributed by atoms with Crippen LogP contribution >= 0.6 is 12.4 Å². The Kier molecular flexibility index (Phi) is 8.62. The summed E-state index contributed by atoms with van der Waals surface area (Å²) in [6, 6.07) is 4.80. The Bertz CT molecular complexity index is 545. The van der Waals surface area contributed by atoms with Crippen molar-refractivity contribution < 1.29 is 18.7 Å². The average Bonchev–Trinajstić information content (AvgIpc) is 2.55. The first-order valence-corrected chi connectivity index (χ1v) is 7.94. The first-order chi connectivity index (χ1) is 11.0.